The van der Waals surface area contributed by atoms with Gasteiger partial charge in [0.25, 0.3) is 0 Å². The van der Waals surface area contributed by atoms with Gasteiger partial charge in [-0.3, -0.25) is 4.79 Å². The Morgan fingerprint density at radius 2 is 1.76 bits per heavy atom. The molecule has 0 heterocycles. The molecule has 1 amide bonds. The molecule has 4 heteroatoms. The summed E-state index contributed by atoms with van der Waals surface area (Å²) >= 11 is 0. The van der Waals surface area contributed by atoms with Crippen molar-refractivity contribution in [2.45, 2.75) is 32.2 Å². The van der Waals surface area contributed by atoms with Crippen LogP contribution < -0.4 is 10.1 Å². The molecule has 2 aromatic carbocycles. The van der Waals surface area contributed by atoms with Crippen LogP contribution >= 0.6 is 0 Å². The number of hydrogen-bond acceptors (Lipinski definition) is 2. The first-order valence-corrected chi connectivity index (χ1v) is 8.69. The van der Waals surface area contributed by atoms with Crippen molar-refractivity contribution in [2.24, 2.45) is 11.8 Å². The molecule has 1 aliphatic rings. The Balaban J connectivity index is 1.66. The Morgan fingerprint density at radius 3 is 2.32 bits per heavy atom. The molecule has 0 bridgehead atoms. The van der Waals surface area contributed by atoms with Gasteiger partial charge in [0, 0.05) is 5.92 Å². The van der Waals surface area contributed by atoms with Crippen LogP contribution in [0.3, 0.4) is 0 Å². The van der Waals surface area contributed by atoms with Crippen LogP contribution in [-0.4, -0.2) is 13.0 Å². The van der Waals surface area contributed by atoms with Crippen molar-refractivity contribution in [3.8, 4) is 5.75 Å². The number of rotatable bonds is 6. The van der Waals surface area contributed by atoms with E-state index in [9.17, 15) is 9.18 Å². The average molecular weight is 341 g/mol. The third-order valence-electron chi connectivity index (χ3n) is 4.86. The van der Waals surface area contributed by atoms with Crippen LogP contribution in [-0.2, 0) is 4.79 Å². The zero-order valence-corrected chi connectivity index (χ0v) is 14.8. The van der Waals surface area contributed by atoms with Crippen LogP contribution in [0.4, 0.5) is 4.39 Å². The predicted molar refractivity (Wildman–Crippen MR) is 96.0 cm³/mol. The highest BCUT2D eigenvalue weighted by Crippen LogP contribution is 2.48. The lowest BCUT2D eigenvalue weighted by atomic mass is 9.95. The molecule has 0 aromatic heterocycles. The highest BCUT2D eigenvalue weighted by molar-refractivity contribution is 5.83. The van der Waals surface area contributed by atoms with E-state index in [2.05, 4.69) is 19.2 Å². The van der Waals surface area contributed by atoms with E-state index < -0.39 is 0 Å². The molecule has 1 fully saturated rings. The molecule has 0 saturated heterocycles. The Morgan fingerprint density at radius 1 is 1.12 bits per heavy atom. The third kappa shape index (κ3) is 4.01. The Labute approximate surface area is 148 Å². The van der Waals surface area contributed by atoms with Gasteiger partial charge in [-0.05, 0) is 53.6 Å². The summed E-state index contributed by atoms with van der Waals surface area (Å²) in [7, 11) is 1.64. The van der Waals surface area contributed by atoms with Gasteiger partial charge >= 0.3 is 0 Å². The molecule has 1 N–H and O–H groups in total. The van der Waals surface area contributed by atoms with Gasteiger partial charge in [0.1, 0.15) is 11.6 Å². The zero-order valence-electron chi connectivity index (χ0n) is 14.8. The fraction of sp³-hybridized carbons (Fsp3) is 0.381. The topological polar surface area (TPSA) is 38.3 Å². The maximum absolute atomic E-state index is 13.0. The van der Waals surface area contributed by atoms with Crippen LogP contribution in [0.2, 0.25) is 0 Å². The predicted octanol–water partition coefficient (Wildman–Crippen LogP) is 4.45. The number of nitrogens with one attached hydrogen (secondary N) is 1. The summed E-state index contributed by atoms with van der Waals surface area (Å²) in [6.07, 6.45) is 0.824. The van der Waals surface area contributed by atoms with Crippen LogP contribution in [0, 0.1) is 17.7 Å². The van der Waals surface area contributed by atoms with Gasteiger partial charge in [0.05, 0.1) is 13.2 Å². The van der Waals surface area contributed by atoms with E-state index >= 15 is 0 Å². The normalized spacial score (nSPS) is 20.2. The molecular weight excluding hydrogens is 317 g/mol. The fourth-order valence-electron chi connectivity index (χ4n) is 3.27. The van der Waals surface area contributed by atoms with E-state index in [1.807, 2.05) is 24.3 Å². The lowest BCUT2D eigenvalue weighted by molar-refractivity contribution is -0.123. The highest BCUT2D eigenvalue weighted by atomic mass is 19.1. The van der Waals surface area contributed by atoms with Gasteiger partial charge in [0.2, 0.25) is 5.91 Å². The maximum Gasteiger partial charge on any atom is 0.224 e. The van der Waals surface area contributed by atoms with E-state index in [1.165, 1.54) is 12.1 Å². The molecule has 3 nitrogen and oxygen atoms in total. The van der Waals surface area contributed by atoms with Crippen molar-refractivity contribution in [3.63, 3.8) is 0 Å². The minimum atomic E-state index is -0.246. The molecular formula is C21H24FNO2. The minimum Gasteiger partial charge on any atom is -0.497 e. The second-order valence-electron chi connectivity index (χ2n) is 7.00. The molecule has 1 saturated carbocycles. The molecule has 2 aromatic rings. The van der Waals surface area contributed by atoms with Crippen LogP contribution in [0.5, 0.6) is 5.75 Å². The van der Waals surface area contributed by atoms with Crippen molar-refractivity contribution in [2.75, 3.05) is 7.11 Å². The van der Waals surface area contributed by atoms with Gasteiger partial charge in [-0.2, -0.15) is 0 Å². The lowest BCUT2D eigenvalue weighted by Crippen LogP contribution is -2.33. The smallest absolute Gasteiger partial charge is 0.224 e. The monoisotopic (exact) mass is 341 g/mol. The summed E-state index contributed by atoms with van der Waals surface area (Å²) in [4.78, 5) is 12.7. The van der Waals surface area contributed by atoms with Crippen molar-refractivity contribution in [1.29, 1.82) is 0 Å². The van der Waals surface area contributed by atoms with Gasteiger partial charge in [-0.1, -0.05) is 38.1 Å². The molecule has 3 rings (SSSR count). The van der Waals surface area contributed by atoms with E-state index in [-0.39, 0.29) is 35.5 Å². The summed E-state index contributed by atoms with van der Waals surface area (Å²) < 4.78 is 18.2. The fourth-order valence-corrected chi connectivity index (χ4v) is 3.27. The Bertz CT molecular complexity index is 725. The number of methoxy groups -OCH3 is 1. The van der Waals surface area contributed by atoms with E-state index in [0.29, 0.717) is 0 Å². The van der Waals surface area contributed by atoms with Crippen molar-refractivity contribution < 1.29 is 13.9 Å². The lowest BCUT2D eigenvalue weighted by Gasteiger charge is -2.23. The number of carbonyl (C=O) groups is 1. The Hall–Kier alpha value is -2.36. The molecule has 0 spiro atoms. The first-order chi connectivity index (χ1) is 12.0. The maximum atomic E-state index is 13.0. The number of benzene rings is 2. The number of carbonyl (C=O) groups excluding carboxylic acids is 1. The number of ether oxygens (including phenoxy) is 1. The van der Waals surface area contributed by atoms with E-state index in [1.54, 1.807) is 19.2 Å². The number of hydrogen-bond donors (Lipinski definition) is 1. The Kier molecular flexibility index (Phi) is 5.07. The molecule has 3 unspecified atom stereocenters. The van der Waals surface area contributed by atoms with Crippen molar-refractivity contribution >= 4 is 5.91 Å². The van der Waals surface area contributed by atoms with Crippen LogP contribution in [0.1, 0.15) is 43.4 Å². The molecule has 1 aliphatic carbocycles. The molecule has 0 aliphatic heterocycles. The average Bonchev–Trinajstić information content (AvgIpc) is 3.41. The first-order valence-electron chi connectivity index (χ1n) is 8.69. The van der Waals surface area contributed by atoms with Crippen LogP contribution in [0.25, 0.3) is 0 Å². The first kappa shape index (κ1) is 17.5. The van der Waals surface area contributed by atoms with Crippen molar-refractivity contribution in [3.05, 3.63) is 65.5 Å². The summed E-state index contributed by atoms with van der Waals surface area (Å²) in [5.41, 5.74) is 2.11. The van der Waals surface area contributed by atoms with Crippen LogP contribution in [0.15, 0.2) is 48.5 Å². The number of amides is 1. The van der Waals surface area contributed by atoms with Gasteiger partial charge in [-0.15, -0.1) is 0 Å². The largest absolute Gasteiger partial charge is 0.497 e. The SMILES string of the molecule is COc1ccc(C(NC(=O)C2CC2c2ccc(F)cc2)C(C)C)cc1. The summed E-state index contributed by atoms with van der Waals surface area (Å²) in [6.45, 7) is 4.19. The van der Waals surface area contributed by atoms with Crippen molar-refractivity contribution in [1.82, 2.24) is 5.32 Å². The third-order valence-corrected chi connectivity index (χ3v) is 4.86. The summed E-state index contributed by atoms with van der Waals surface area (Å²) in [5, 5.41) is 3.19. The van der Waals surface area contributed by atoms with E-state index in [4.69, 9.17) is 4.74 Å². The van der Waals surface area contributed by atoms with Gasteiger partial charge in [0.15, 0.2) is 0 Å². The highest BCUT2D eigenvalue weighted by Gasteiger charge is 2.44. The summed E-state index contributed by atoms with van der Waals surface area (Å²) in [6, 6.07) is 14.2. The van der Waals surface area contributed by atoms with E-state index in [0.717, 1.165) is 23.3 Å². The zero-order chi connectivity index (χ0) is 18.0. The number of halogens is 1. The van der Waals surface area contributed by atoms with Gasteiger partial charge in [-0.25, -0.2) is 4.39 Å². The van der Waals surface area contributed by atoms with Gasteiger partial charge < -0.3 is 10.1 Å². The standard InChI is InChI=1S/C21H24FNO2/c1-13(2)20(15-6-10-17(25-3)11-7-15)23-21(24)19-12-18(19)14-4-8-16(22)9-5-14/h4-11,13,18-20H,12H2,1-3H3,(H,23,24). The minimum absolute atomic E-state index is 0.0232. The molecule has 25 heavy (non-hydrogen) atoms. The molecule has 132 valence electrons. The quantitative estimate of drug-likeness (QED) is 0.843. The molecule has 3 atom stereocenters. The second-order valence-corrected chi connectivity index (χ2v) is 7.00. The second kappa shape index (κ2) is 7.26. The molecule has 0 radical (unpaired) electrons. The summed E-state index contributed by atoms with van der Waals surface area (Å²) in [5.74, 6) is 1.08.